The lowest BCUT2D eigenvalue weighted by Crippen LogP contribution is -2.28. The number of carbonyl (C=O) groups excluding carboxylic acids is 2. The predicted octanol–water partition coefficient (Wildman–Crippen LogP) is -0.332. The molecule has 6 heteroatoms. The van der Waals surface area contributed by atoms with Gasteiger partial charge < -0.3 is 15.0 Å². The quantitative estimate of drug-likeness (QED) is 0.685. The number of hydrogen-bond acceptors (Lipinski definition) is 4. The van der Waals surface area contributed by atoms with Gasteiger partial charge in [-0.05, 0) is 6.07 Å². The molecular weight excluding hydrogens is 212 g/mol. The zero-order chi connectivity index (χ0) is 12.0. The average molecular weight is 224 g/mol. The summed E-state index contributed by atoms with van der Waals surface area (Å²) in [5, 5.41) is 2.48. The van der Waals surface area contributed by atoms with E-state index in [2.05, 4.69) is 15.0 Å². The second-order valence-electron chi connectivity index (χ2n) is 3.01. The summed E-state index contributed by atoms with van der Waals surface area (Å²) in [6, 6.07) is 4.27. The van der Waals surface area contributed by atoms with E-state index in [1.54, 1.807) is 0 Å². The highest BCUT2D eigenvalue weighted by atomic mass is 16.5. The smallest absolute Gasteiger partial charge is 0.307 e. The highest BCUT2D eigenvalue weighted by Crippen LogP contribution is 1.90. The average Bonchev–Trinajstić information content (AvgIpc) is 2.28. The van der Waals surface area contributed by atoms with Crippen molar-refractivity contribution in [1.82, 2.24) is 10.3 Å². The van der Waals surface area contributed by atoms with Crippen molar-refractivity contribution in [2.45, 2.75) is 6.42 Å². The molecular formula is C10H12N2O4. The van der Waals surface area contributed by atoms with Gasteiger partial charge in [0.05, 0.1) is 13.5 Å². The number of methoxy groups -OCH3 is 1. The SMILES string of the molecule is COC(=O)CCNC(=O)c1cccc(=O)[nH]1. The van der Waals surface area contributed by atoms with Gasteiger partial charge in [-0.1, -0.05) is 6.07 Å². The molecule has 0 aliphatic heterocycles. The first-order chi connectivity index (χ1) is 7.63. The predicted molar refractivity (Wildman–Crippen MR) is 56.0 cm³/mol. The maximum absolute atomic E-state index is 11.4. The number of pyridine rings is 1. The summed E-state index contributed by atoms with van der Waals surface area (Å²) < 4.78 is 4.41. The van der Waals surface area contributed by atoms with Crippen molar-refractivity contribution in [2.24, 2.45) is 0 Å². The fourth-order valence-corrected chi connectivity index (χ4v) is 1.06. The van der Waals surface area contributed by atoms with E-state index in [-0.39, 0.29) is 24.2 Å². The molecule has 16 heavy (non-hydrogen) atoms. The minimum atomic E-state index is -0.429. The minimum Gasteiger partial charge on any atom is -0.469 e. The molecule has 0 saturated heterocycles. The Morgan fingerprint density at radius 1 is 1.44 bits per heavy atom. The topological polar surface area (TPSA) is 88.3 Å². The molecule has 1 aromatic rings. The van der Waals surface area contributed by atoms with Crippen LogP contribution in [0.25, 0.3) is 0 Å². The molecule has 0 radical (unpaired) electrons. The number of nitrogens with one attached hydrogen (secondary N) is 2. The number of rotatable bonds is 4. The first-order valence-electron chi connectivity index (χ1n) is 4.68. The van der Waals surface area contributed by atoms with Crippen LogP contribution >= 0.6 is 0 Å². The van der Waals surface area contributed by atoms with E-state index in [0.29, 0.717) is 0 Å². The summed E-state index contributed by atoms with van der Waals surface area (Å²) in [5.74, 6) is -0.830. The van der Waals surface area contributed by atoms with Gasteiger partial charge >= 0.3 is 5.97 Å². The van der Waals surface area contributed by atoms with Crippen molar-refractivity contribution in [3.63, 3.8) is 0 Å². The van der Waals surface area contributed by atoms with E-state index in [1.165, 1.54) is 25.3 Å². The molecule has 1 amide bonds. The van der Waals surface area contributed by atoms with Crippen molar-refractivity contribution in [2.75, 3.05) is 13.7 Å². The largest absolute Gasteiger partial charge is 0.469 e. The summed E-state index contributed by atoms with van der Waals surface area (Å²) in [5.41, 5.74) is -0.182. The fourth-order valence-electron chi connectivity index (χ4n) is 1.06. The van der Waals surface area contributed by atoms with Gasteiger partial charge in [-0.3, -0.25) is 14.4 Å². The van der Waals surface area contributed by atoms with Gasteiger partial charge in [0.25, 0.3) is 5.91 Å². The lowest BCUT2D eigenvalue weighted by atomic mass is 10.3. The van der Waals surface area contributed by atoms with Gasteiger partial charge in [0, 0.05) is 12.6 Å². The Bertz CT molecular complexity index is 438. The van der Waals surface area contributed by atoms with Crippen molar-refractivity contribution >= 4 is 11.9 Å². The van der Waals surface area contributed by atoms with Gasteiger partial charge in [0.1, 0.15) is 5.69 Å². The van der Waals surface area contributed by atoms with Crippen LogP contribution in [0.15, 0.2) is 23.0 Å². The van der Waals surface area contributed by atoms with E-state index in [0.717, 1.165) is 0 Å². The number of aromatic nitrogens is 1. The first-order valence-corrected chi connectivity index (χ1v) is 4.68. The maximum Gasteiger partial charge on any atom is 0.307 e. The number of esters is 1. The molecule has 0 fully saturated rings. The zero-order valence-corrected chi connectivity index (χ0v) is 8.78. The number of aromatic amines is 1. The maximum atomic E-state index is 11.4. The van der Waals surface area contributed by atoms with Crippen LogP contribution in [0.1, 0.15) is 16.9 Å². The number of hydrogen-bond donors (Lipinski definition) is 2. The van der Waals surface area contributed by atoms with E-state index in [4.69, 9.17) is 0 Å². The van der Waals surface area contributed by atoms with Crippen LogP contribution < -0.4 is 10.9 Å². The molecule has 0 spiro atoms. The summed E-state index contributed by atoms with van der Waals surface area (Å²) in [6.45, 7) is 0.169. The lowest BCUT2D eigenvalue weighted by molar-refractivity contribution is -0.140. The van der Waals surface area contributed by atoms with Crippen molar-refractivity contribution in [3.05, 3.63) is 34.2 Å². The van der Waals surface area contributed by atoms with E-state index >= 15 is 0 Å². The van der Waals surface area contributed by atoms with Gasteiger partial charge in [0.15, 0.2) is 0 Å². The summed E-state index contributed by atoms with van der Waals surface area (Å²) in [7, 11) is 1.28. The number of H-pyrrole nitrogens is 1. The molecule has 86 valence electrons. The highest BCUT2D eigenvalue weighted by molar-refractivity contribution is 5.92. The molecule has 0 aromatic carbocycles. The summed E-state index contributed by atoms with van der Waals surface area (Å²) in [4.78, 5) is 35.5. The Hall–Kier alpha value is -2.11. The molecule has 0 bridgehead atoms. The van der Waals surface area contributed by atoms with Crippen LogP contribution in [0.5, 0.6) is 0 Å². The van der Waals surface area contributed by atoms with Gasteiger partial charge in [0.2, 0.25) is 5.56 Å². The van der Waals surface area contributed by atoms with Crippen LogP contribution in [0.2, 0.25) is 0 Å². The molecule has 0 aliphatic rings. The Labute approximate surface area is 91.6 Å². The fraction of sp³-hybridized carbons (Fsp3) is 0.300. The monoisotopic (exact) mass is 224 g/mol. The molecule has 0 saturated carbocycles. The Morgan fingerprint density at radius 2 is 2.19 bits per heavy atom. The van der Waals surface area contributed by atoms with Crippen LogP contribution in [-0.2, 0) is 9.53 Å². The van der Waals surface area contributed by atoms with Gasteiger partial charge in [-0.15, -0.1) is 0 Å². The van der Waals surface area contributed by atoms with Crippen molar-refractivity contribution in [1.29, 1.82) is 0 Å². The molecule has 0 atom stereocenters. The Morgan fingerprint density at radius 3 is 2.81 bits per heavy atom. The number of carbonyl (C=O) groups is 2. The van der Waals surface area contributed by atoms with Crippen LogP contribution in [-0.4, -0.2) is 30.5 Å². The molecule has 2 N–H and O–H groups in total. The normalized spacial score (nSPS) is 9.56. The molecule has 6 nitrogen and oxygen atoms in total. The third-order valence-electron chi connectivity index (χ3n) is 1.86. The Kier molecular flexibility index (Phi) is 4.26. The second kappa shape index (κ2) is 5.69. The molecule has 1 aromatic heterocycles. The van der Waals surface area contributed by atoms with Gasteiger partial charge in [-0.25, -0.2) is 0 Å². The van der Waals surface area contributed by atoms with Crippen LogP contribution in [0, 0.1) is 0 Å². The van der Waals surface area contributed by atoms with Crippen LogP contribution in [0.3, 0.4) is 0 Å². The highest BCUT2D eigenvalue weighted by Gasteiger charge is 2.06. The molecule has 1 rings (SSSR count). The third-order valence-corrected chi connectivity index (χ3v) is 1.86. The second-order valence-corrected chi connectivity index (χ2v) is 3.01. The van der Waals surface area contributed by atoms with E-state index < -0.39 is 11.9 Å². The standard InChI is InChI=1S/C10H12N2O4/c1-16-9(14)5-6-11-10(15)7-3-2-4-8(13)12-7/h2-4H,5-6H2,1H3,(H,11,15)(H,12,13). The van der Waals surface area contributed by atoms with Crippen molar-refractivity contribution in [3.8, 4) is 0 Å². The van der Waals surface area contributed by atoms with Gasteiger partial charge in [-0.2, -0.15) is 0 Å². The first kappa shape index (κ1) is 12.0. The number of amides is 1. The number of ether oxygens (including phenoxy) is 1. The zero-order valence-electron chi connectivity index (χ0n) is 8.78. The van der Waals surface area contributed by atoms with E-state index in [9.17, 15) is 14.4 Å². The minimum absolute atomic E-state index is 0.0965. The summed E-state index contributed by atoms with van der Waals surface area (Å²) >= 11 is 0. The molecule has 1 heterocycles. The summed E-state index contributed by atoms with van der Waals surface area (Å²) in [6.07, 6.45) is 0.0965. The Balaban J connectivity index is 2.47. The molecule has 0 unspecified atom stereocenters. The molecule has 0 aliphatic carbocycles. The third kappa shape index (κ3) is 3.56. The lowest BCUT2D eigenvalue weighted by Gasteiger charge is -2.03. The van der Waals surface area contributed by atoms with Crippen LogP contribution in [0.4, 0.5) is 0 Å². The van der Waals surface area contributed by atoms with E-state index in [1.807, 2.05) is 0 Å². The van der Waals surface area contributed by atoms with Crippen molar-refractivity contribution < 1.29 is 14.3 Å².